The summed E-state index contributed by atoms with van der Waals surface area (Å²) in [4.78, 5) is 61.7. The third kappa shape index (κ3) is 8.77. The number of aliphatic carboxylic acids is 1. The number of hydrogen-bond acceptors (Lipinski definition) is 7. The first-order valence-corrected chi connectivity index (χ1v) is 12.5. The molecule has 37 heavy (non-hydrogen) atoms. The second kappa shape index (κ2) is 14.2. The number of carboxylic acid groups (broad SMARTS) is 1. The van der Waals surface area contributed by atoms with Crippen molar-refractivity contribution in [2.45, 2.75) is 75.5 Å². The van der Waals surface area contributed by atoms with Crippen LogP contribution in [0, 0.1) is 0 Å². The van der Waals surface area contributed by atoms with Crippen molar-refractivity contribution in [2.75, 3.05) is 26.2 Å². The number of amides is 3. The molecule has 0 aromatic rings. The summed E-state index contributed by atoms with van der Waals surface area (Å²) in [5, 5.41) is 12.2. The van der Waals surface area contributed by atoms with E-state index in [4.69, 9.17) is 28.7 Å². The van der Waals surface area contributed by atoms with Gasteiger partial charge in [-0.3, -0.25) is 24.4 Å². The summed E-state index contributed by atoms with van der Waals surface area (Å²) in [6, 6.07) is -3.51. The van der Waals surface area contributed by atoms with E-state index in [2.05, 4.69) is 15.3 Å². The molecule has 2 saturated heterocycles. The third-order valence-corrected chi connectivity index (χ3v) is 6.51. The van der Waals surface area contributed by atoms with E-state index in [1.54, 1.807) is 0 Å². The Kier molecular flexibility index (Phi) is 11.4. The van der Waals surface area contributed by atoms with E-state index >= 15 is 0 Å². The van der Waals surface area contributed by atoms with Gasteiger partial charge in [0, 0.05) is 26.2 Å². The van der Waals surface area contributed by atoms with Gasteiger partial charge in [-0.2, -0.15) is 0 Å². The van der Waals surface area contributed by atoms with Gasteiger partial charge in [0.15, 0.2) is 11.9 Å². The first-order valence-electron chi connectivity index (χ1n) is 12.5. The fraction of sp³-hybridized carbons (Fsp3) is 0.727. The van der Waals surface area contributed by atoms with Gasteiger partial charge >= 0.3 is 5.97 Å². The van der Waals surface area contributed by atoms with E-state index in [1.165, 1.54) is 9.80 Å². The molecule has 2 aliphatic heterocycles. The molecule has 2 heterocycles. The summed E-state index contributed by atoms with van der Waals surface area (Å²) in [5.41, 5.74) is 27.3. The lowest BCUT2D eigenvalue weighted by Crippen LogP contribution is -2.56. The minimum atomic E-state index is -1.06. The third-order valence-electron chi connectivity index (χ3n) is 6.51. The topological polar surface area (TPSA) is 262 Å². The Morgan fingerprint density at radius 2 is 1.41 bits per heavy atom. The predicted molar refractivity (Wildman–Crippen MR) is 137 cm³/mol. The average Bonchev–Trinajstić information content (AvgIpc) is 3.52. The molecular formula is C22H40N10O5. The van der Waals surface area contributed by atoms with Gasteiger partial charge in [0.05, 0.1) is 6.04 Å². The zero-order valence-corrected chi connectivity index (χ0v) is 21.1. The molecule has 0 aromatic heterocycles. The van der Waals surface area contributed by atoms with Gasteiger partial charge in [-0.25, -0.2) is 4.79 Å². The summed E-state index contributed by atoms with van der Waals surface area (Å²) >= 11 is 0. The molecule has 15 nitrogen and oxygen atoms in total. The predicted octanol–water partition coefficient (Wildman–Crippen LogP) is -3.03. The Labute approximate surface area is 215 Å². The summed E-state index contributed by atoms with van der Waals surface area (Å²) in [5.74, 6) is -2.51. The van der Waals surface area contributed by atoms with Crippen molar-refractivity contribution in [3.63, 3.8) is 0 Å². The number of carbonyl (C=O) groups is 4. The fourth-order valence-electron chi connectivity index (χ4n) is 4.66. The summed E-state index contributed by atoms with van der Waals surface area (Å²) < 4.78 is 0. The van der Waals surface area contributed by atoms with Crippen molar-refractivity contribution in [2.24, 2.45) is 38.7 Å². The van der Waals surface area contributed by atoms with Crippen LogP contribution < -0.4 is 34.0 Å². The summed E-state index contributed by atoms with van der Waals surface area (Å²) in [7, 11) is 0. The molecule has 0 saturated carbocycles. The van der Waals surface area contributed by atoms with Crippen LogP contribution in [0.1, 0.15) is 51.4 Å². The van der Waals surface area contributed by atoms with Gasteiger partial charge in [-0.1, -0.05) is 0 Å². The van der Waals surface area contributed by atoms with E-state index in [1.807, 2.05) is 0 Å². The van der Waals surface area contributed by atoms with Crippen LogP contribution >= 0.6 is 0 Å². The van der Waals surface area contributed by atoms with E-state index < -0.39 is 42.0 Å². The summed E-state index contributed by atoms with van der Waals surface area (Å²) in [6.07, 6.45) is 3.38. The van der Waals surface area contributed by atoms with Crippen LogP contribution in [0.15, 0.2) is 9.98 Å². The first kappa shape index (κ1) is 29.6. The van der Waals surface area contributed by atoms with Crippen LogP contribution in [0.4, 0.5) is 0 Å². The average molecular weight is 525 g/mol. The Morgan fingerprint density at radius 1 is 0.865 bits per heavy atom. The molecule has 208 valence electrons. The number of carboxylic acids is 1. The highest BCUT2D eigenvalue weighted by Crippen LogP contribution is 2.26. The number of rotatable bonds is 13. The van der Waals surface area contributed by atoms with Crippen LogP contribution in [-0.2, 0) is 19.2 Å². The number of nitrogens with two attached hydrogens (primary N) is 5. The number of likely N-dealkylation sites (tertiary alicyclic amines) is 2. The molecule has 0 aliphatic carbocycles. The normalized spacial score (nSPS) is 20.7. The second-order valence-electron chi connectivity index (χ2n) is 9.28. The Bertz CT molecular complexity index is 887. The molecule has 0 spiro atoms. The van der Waals surface area contributed by atoms with Gasteiger partial charge in [-0.05, 0) is 51.4 Å². The molecule has 12 N–H and O–H groups in total. The van der Waals surface area contributed by atoms with Crippen LogP contribution in [0.5, 0.6) is 0 Å². The minimum absolute atomic E-state index is 0.0530. The van der Waals surface area contributed by atoms with Crippen molar-refractivity contribution >= 4 is 35.6 Å². The molecule has 2 aliphatic rings. The van der Waals surface area contributed by atoms with Crippen LogP contribution in [0.2, 0.25) is 0 Å². The standard InChI is InChI=1S/C22H40N10O5/c23-13(5-1-9-28-21(24)25)17(33)30-14(6-2-10-29-22(26)27)18(34)31-11-3-7-15(31)19(35)32-12-4-8-16(32)20(36)37/h13-16H,1-12,23H2,(H,30,33)(H,36,37)(H4,24,25,28)(H4,26,27,29). The van der Waals surface area contributed by atoms with E-state index in [9.17, 15) is 24.3 Å². The van der Waals surface area contributed by atoms with E-state index in [-0.39, 0.29) is 30.8 Å². The number of hydrogen-bond donors (Lipinski definition) is 7. The van der Waals surface area contributed by atoms with Crippen LogP contribution in [-0.4, -0.2) is 101 Å². The van der Waals surface area contributed by atoms with E-state index in [0.717, 1.165) is 0 Å². The van der Waals surface area contributed by atoms with Crippen LogP contribution in [0.25, 0.3) is 0 Å². The molecule has 0 bridgehead atoms. The first-order chi connectivity index (χ1) is 17.5. The highest BCUT2D eigenvalue weighted by Gasteiger charge is 2.43. The van der Waals surface area contributed by atoms with Gasteiger partial charge in [-0.15, -0.1) is 0 Å². The van der Waals surface area contributed by atoms with Crippen molar-refractivity contribution in [3.8, 4) is 0 Å². The molecule has 0 aromatic carbocycles. The van der Waals surface area contributed by atoms with Gasteiger partial charge in [0.25, 0.3) is 0 Å². The Hall–Kier alpha value is -3.62. The maximum atomic E-state index is 13.6. The molecular weight excluding hydrogens is 484 g/mol. The highest BCUT2D eigenvalue weighted by molar-refractivity contribution is 5.94. The number of guanidine groups is 2. The summed E-state index contributed by atoms with van der Waals surface area (Å²) in [6.45, 7) is 1.23. The van der Waals surface area contributed by atoms with Crippen LogP contribution in [0.3, 0.4) is 0 Å². The fourth-order valence-corrected chi connectivity index (χ4v) is 4.66. The maximum absolute atomic E-state index is 13.6. The Morgan fingerprint density at radius 3 is 1.97 bits per heavy atom. The monoisotopic (exact) mass is 524 g/mol. The second-order valence-corrected chi connectivity index (χ2v) is 9.28. The SMILES string of the molecule is NC(N)=NCCCC(N)C(=O)NC(CCCN=C(N)N)C(=O)N1CCCC1C(=O)N1CCCC1C(=O)O. The van der Waals surface area contributed by atoms with Crippen molar-refractivity contribution < 1.29 is 24.3 Å². The lowest BCUT2D eigenvalue weighted by Gasteiger charge is -2.32. The van der Waals surface area contributed by atoms with Crippen molar-refractivity contribution in [3.05, 3.63) is 0 Å². The quantitative estimate of drug-likeness (QED) is 0.0727. The number of aliphatic imine (C=N–C) groups is 2. The zero-order valence-electron chi connectivity index (χ0n) is 21.1. The van der Waals surface area contributed by atoms with Crippen molar-refractivity contribution in [1.29, 1.82) is 0 Å². The number of carbonyl (C=O) groups excluding carboxylic acids is 3. The molecule has 4 unspecified atom stereocenters. The molecule has 2 fully saturated rings. The lowest BCUT2D eigenvalue weighted by molar-refractivity contribution is -0.152. The maximum Gasteiger partial charge on any atom is 0.326 e. The minimum Gasteiger partial charge on any atom is -0.480 e. The Balaban J connectivity index is 2.10. The molecule has 15 heteroatoms. The lowest BCUT2D eigenvalue weighted by atomic mass is 10.1. The number of nitrogens with one attached hydrogen (secondary N) is 1. The van der Waals surface area contributed by atoms with Gasteiger partial charge < -0.3 is 48.9 Å². The van der Waals surface area contributed by atoms with Crippen molar-refractivity contribution in [1.82, 2.24) is 15.1 Å². The van der Waals surface area contributed by atoms with Gasteiger partial charge in [0.1, 0.15) is 18.1 Å². The number of nitrogens with zero attached hydrogens (tertiary/aromatic N) is 4. The zero-order chi connectivity index (χ0) is 27.5. The molecule has 2 rings (SSSR count). The molecule has 3 amide bonds. The molecule has 0 radical (unpaired) electrons. The largest absolute Gasteiger partial charge is 0.480 e. The highest BCUT2D eigenvalue weighted by atomic mass is 16.4. The molecule has 4 atom stereocenters. The van der Waals surface area contributed by atoms with E-state index in [0.29, 0.717) is 64.6 Å². The van der Waals surface area contributed by atoms with Gasteiger partial charge in [0.2, 0.25) is 17.7 Å². The smallest absolute Gasteiger partial charge is 0.326 e.